The van der Waals surface area contributed by atoms with Gasteiger partial charge in [0.25, 0.3) is 5.91 Å². The number of amidine groups is 1. The number of rotatable bonds is 2. The van der Waals surface area contributed by atoms with Crippen LogP contribution in [0, 0.1) is 0 Å². The normalized spacial score (nSPS) is 19.9. The van der Waals surface area contributed by atoms with E-state index in [2.05, 4.69) is 5.10 Å². The molecule has 0 aromatic carbocycles. The molecular formula is C11H16N4O. The summed E-state index contributed by atoms with van der Waals surface area (Å²) in [5, 5.41) is 5.73. The first-order valence-electron chi connectivity index (χ1n) is 5.25. The number of nitrogens with two attached hydrogens (primary N) is 1. The number of nitrogens with zero attached hydrogens (tertiary/aromatic N) is 3. The maximum absolute atomic E-state index is 11.8. The van der Waals surface area contributed by atoms with E-state index in [1.807, 2.05) is 43.2 Å². The zero-order valence-corrected chi connectivity index (χ0v) is 9.55. The lowest BCUT2D eigenvalue weighted by molar-refractivity contribution is -0.133. The number of hydrogen-bond donors (Lipinski definition) is 1. The number of hydrogen-bond acceptors (Lipinski definition) is 4. The van der Waals surface area contributed by atoms with Gasteiger partial charge in [0.15, 0.2) is 5.84 Å². The van der Waals surface area contributed by atoms with Crippen molar-refractivity contribution < 1.29 is 4.79 Å². The van der Waals surface area contributed by atoms with Crippen molar-refractivity contribution in [3.05, 3.63) is 24.4 Å². The third kappa shape index (κ3) is 2.30. The van der Waals surface area contributed by atoms with Crippen LogP contribution in [0.15, 0.2) is 29.5 Å². The summed E-state index contributed by atoms with van der Waals surface area (Å²) in [6.07, 6.45) is 7.51. The van der Waals surface area contributed by atoms with E-state index in [0.29, 0.717) is 13.1 Å². The molecule has 0 aromatic rings. The van der Waals surface area contributed by atoms with E-state index in [1.54, 1.807) is 0 Å². The minimum absolute atomic E-state index is 0.0257. The van der Waals surface area contributed by atoms with Crippen LogP contribution in [0.25, 0.3) is 0 Å². The molecule has 2 N–H and O–H groups in total. The second-order valence-electron chi connectivity index (χ2n) is 4.73. The second-order valence-corrected chi connectivity index (χ2v) is 4.73. The van der Waals surface area contributed by atoms with Crippen LogP contribution in [0.3, 0.4) is 0 Å². The minimum Gasteiger partial charge on any atom is -0.324 e. The highest BCUT2D eigenvalue weighted by Crippen LogP contribution is 2.13. The molecule has 0 radical (unpaired) electrons. The molecule has 0 bridgehead atoms. The van der Waals surface area contributed by atoms with E-state index >= 15 is 0 Å². The molecule has 5 heteroatoms. The Kier molecular flexibility index (Phi) is 2.55. The molecule has 2 aliphatic heterocycles. The van der Waals surface area contributed by atoms with Crippen molar-refractivity contribution in [2.24, 2.45) is 10.8 Å². The number of carbonyl (C=O) groups excluding carboxylic acids is 1. The molecule has 5 nitrogen and oxygen atoms in total. The summed E-state index contributed by atoms with van der Waals surface area (Å²) in [7, 11) is 0. The van der Waals surface area contributed by atoms with Crippen molar-refractivity contribution in [3.8, 4) is 0 Å². The number of fused-ring (bicyclic) bond motifs is 1. The third-order valence-electron chi connectivity index (χ3n) is 2.29. The SMILES string of the molecule is CC(C)(N)CN1N=C2C=CC=CN2CC1=O. The second kappa shape index (κ2) is 3.75. The van der Waals surface area contributed by atoms with Crippen LogP contribution in [0.2, 0.25) is 0 Å². The van der Waals surface area contributed by atoms with Gasteiger partial charge in [0, 0.05) is 11.7 Å². The summed E-state index contributed by atoms with van der Waals surface area (Å²) >= 11 is 0. The number of amides is 1. The molecular weight excluding hydrogens is 204 g/mol. The van der Waals surface area contributed by atoms with Crippen molar-refractivity contribution in [1.29, 1.82) is 0 Å². The van der Waals surface area contributed by atoms with Gasteiger partial charge in [-0.1, -0.05) is 6.08 Å². The summed E-state index contributed by atoms with van der Waals surface area (Å²) < 4.78 is 0. The van der Waals surface area contributed by atoms with E-state index in [-0.39, 0.29) is 5.91 Å². The van der Waals surface area contributed by atoms with Crippen molar-refractivity contribution in [2.75, 3.05) is 13.1 Å². The van der Waals surface area contributed by atoms with Gasteiger partial charge in [-0.25, -0.2) is 5.01 Å². The molecule has 2 heterocycles. The van der Waals surface area contributed by atoms with Crippen LogP contribution >= 0.6 is 0 Å². The monoisotopic (exact) mass is 220 g/mol. The fourth-order valence-corrected chi connectivity index (χ4v) is 1.61. The Morgan fingerprint density at radius 2 is 2.25 bits per heavy atom. The molecule has 2 rings (SSSR count). The summed E-state index contributed by atoms with van der Waals surface area (Å²) in [5.74, 6) is 0.758. The standard InChI is InChI=1S/C11H16N4O/c1-11(2,12)8-15-10(16)7-14-6-4-3-5-9(14)13-15/h3-6H,7-8,12H2,1-2H3. The van der Waals surface area contributed by atoms with Gasteiger partial charge in [-0.2, -0.15) is 5.10 Å². The molecule has 0 saturated carbocycles. The Hall–Kier alpha value is -1.62. The van der Waals surface area contributed by atoms with E-state index in [4.69, 9.17) is 5.73 Å². The lowest BCUT2D eigenvalue weighted by Crippen LogP contribution is -2.51. The van der Waals surface area contributed by atoms with Crippen LogP contribution in [-0.4, -0.2) is 40.3 Å². The highest BCUT2D eigenvalue weighted by Gasteiger charge is 2.28. The van der Waals surface area contributed by atoms with Crippen molar-refractivity contribution in [3.63, 3.8) is 0 Å². The van der Waals surface area contributed by atoms with E-state index in [0.717, 1.165) is 5.84 Å². The first-order chi connectivity index (χ1) is 7.46. The molecule has 0 aromatic heterocycles. The Morgan fingerprint density at radius 1 is 1.50 bits per heavy atom. The van der Waals surface area contributed by atoms with Crippen LogP contribution in [0.4, 0.5) is 0 Å². The van der Waals surface area contributed by atoms with Gasteiger partial charge in [0.05, 0.1) is 6.54 Å². The van der Waals surface area contributed by atoms with E-state index in [1.165, 1.54) is 5.01 Å². The van der Waals surface area contributed by atoms with Crippen molar-refractivity contribution in [2.45, 2.75) is 19.4 Å². The number of carbonyl (C=O) groups is 1. The molecule has 0 fully saturated rings. The average Bonchev–Trinajstić information content (AvgIpc) is 2.17. The summed E-state index contributed by atoms with van der Waals surface area (Å²) in [5.41, 5.74) is 5.45. The molecule has 2 aliphatic rings. The van der Waals surface area contributed by atoms with Gasteiger partial charge >= 0.3 is 0 Å². The molecule has 0 saturated heterocycles. The highest BCUT2D eigenvalue weighted by molar-refractivity contribution is 6.00. The Labute approximate surface area is 94.9 Å². The molecule has 1 amide bonds. The smallest absolute Gasteiger partial charge is 0.262 e. The zero-order chi connectivity index (χ0) is 11.8. The maximum atomic E-state index is 11.8. The minimum atomic E-state index is -0.434. The predicted molar refractivity (Wildman–Crippen MR) is 62.4 cm³/mol. The zero-order valence-electron chi connectivity index (χ0n) is 9.55. The number of hydrazone groups is 1. The van der Waals surface area contributed by atoms with Gasteiger partial charge < -0.3 is 10.6 Å². The van der Waals surface area contributed by atoms with Crippen LogP contribution < -0.4 is 5.73 Å². The highest BCUT2D eigenvalue weighted by atomic mass is 16.2. The summed E-state index contributed by atoms with van der Waals surface area (Å²) in [4.78, 5) is 13.6. The lowest BCUT2D eigenvalue weighted by atomic mass is 10.1. The molecule has 0 atom stereocenters. The van der Waals surface area contributed by atoms with Gasteiger partial charge in [0.1, 0.15) is 6.54 Å². The Bertz CT molecular complexity index is 389. The molecule has 0 spiro atoms. The van der Waals surface area contributed by atoms with E-state index in [9.17, 15) is 4.79 Å². The van der Waals surface area contributed by atoms with Crippen molar-refractivity contribution >= 4 is 11.7 Å². The topological polar surface area (TPSA) is 61.9 Å². The van der Waals surface area contributed by atoms with Crippen LogP contribution in [-0.2, 0) is 4.79 Å². The van der Waals surface area contributed by atoms with Gasteiger partial charge in [-0.3, -0.25) is 4.79 Å². The molecule has 0 aliphatic carbocycles. The largest absolute Gasteiger partial charge is 0.324 e. The number of allylic oxidation sites excluding steroid dienone is 2. The summed E-state index contributed by atoms with van der Waals surface area (Å²) in [6.45, 7) is 4.52. The first-order valence-corrected chi connectivity index (χ1v) is 5.25. The quantitative estimate of drug-likeness (QED) is 0.726. The fraction of sp³-hybridized carbons (Fsp3) is 0.455. The third-order valence-corrected chi connectivity index (χ3v) is 2.29. The van der Waals surface area contributed by atoms with Gasteiger partial charge in [0.2, 0.25) is 0 Å². The lowest BCUT2D eigenvalue weighted by Gasteiger charge is -2.34. The maximum Gasteiger partial charge on any atom is 0.262 e. The average molecular weight is 220 g/mol. The predicted octanol–water partition coefficient (Wildman–Crippen LogP) is 0.265. The van der Waals surface area contributed by atoms with Gasteiger partial charge in [-0.05, 0) is 26.0 Å². The molecule has 86 valence electrons. The Balaban J connectivity index is 2.19. The molecule has 16 heavy (non-hydrogen) atoms. The van der Waals surface area contributed by atoms with Crippen LogP contribution in [0.5, 0.6) is 0 Å². The Morgan fingerprint density at radius 3 is 2.94 bits per heavy atom. The molecule has 0 unspecified atom stereocenters. The summed E-state index contributed by atoms with van der Waals surface area (Å²) in [6, 6.07) is 0. The van der Waals surface area contributed by atoms with Crippen LogP contribution in [0.1, 0.15) is 13.8 Å². The van der Waals surface area contributed by atoms with E-state index < -0.39 is 5.54 Å². The fourth-order valence-electron chi connectivity index (χ4n) is 1.61. The first kappa shape index (κ1) is 10.9. The van der Waals surface area contributed by atoms with Gasteiger partial charge in [-0.15, -0.1) is 0 Å². The van der Waals surface area contributed by atoms with Crippen molar-refractivity contribution in [1.82, 2.24) is 9.91 Å².